The molecule has 2 aromatic rings. The molecule has 2 rings (SSSR count). The normalized spacial score (nSPS) is 11.3. The Hall–Kier alpha value is -0.980. The highest BCUT2D eigenvalue weighted by molar-refractivity contribution is 9.50. The fraction of sp³-hybridized carbons (Fsp3) is 0.0769. The molecule has 100 valence electrons. The number of nitrogens with zero attached hydrogens (tertiary/aromatic N) is 1. The molecule has 0 spiro atoms. The number of aryl methyl sites for hydroxylation is 1. The number of hydrogen-bond acceptors (Lipinski definition) is 3. The zero-order valence-electron chi connectivity index (χ0n) is 10.2. The maximum atomic E-state index is 12.6. The van der Waals surface area contributed by atoms with Crippen molar-refractivity contribution in [2.75, 3.05) is 3.71 Å². The van der Waals surface area contributed by atoms with Crippen LogP contribution in [0.3, 0.4) is 0 Å². The first-order chi connectivity index (χ1) is 9.05. The molecule has 0 aliphatic rings. The zero-order valence-corrected chi connectivity index (χ0v) is 13.4. The van der Waals surface area contributed by atoms with E-state index in [0.717, 1.165) is 15.9 Å². The average molecular weight is 358 g/mol. The molecule has 0 radical (unpaired) electrons. The molecule has 0 bridgehead atoms. The third-order valence-electron chi connectivity index (χ3n) is 2.57. The summed E-state index contributed by atoms with van der Waals surface area (Å²) in [5, 5.41) is 0. The van der Waals surface area contributed by atoms with Gasteiger partial charge in [0.1, 0.15) is 0 Å². The van der Waals surface area contributed by atoms with Crippen molar-refractivity contribution in [2.24, 2.45) is 0 Å². The Balaban J connectivity index is 2.45. The topological polar surface area (TPSA) is 37.4 Å². The largest absolute Gasteiger partial charge is 0.274 e. The lowest BCUT2D eigenvalue weighted by Gasteiger charge is -2.20. The monoisotopic (exact) mass is 357 g/mol. The van der Waals surface area contributed by atoms with E-state index in [0.29, 0.717) is 5.69 Å². The van der Waals surface area contributed by atoms with E-state index in [1.54, 1.807) is 48.5 Å². The predicted molar refractivity (Wildman–Crippen MR) is 83.8 cm³/mol. The first-order valence-electron chi connectivity index (χ1n) is 5.51. The van der Waals surface area contributed by atoms with Crippen LogP contribution in [0, 0.1) is 6.92 Å². The summed E-state index contributed by atoms with van der Waals surface area (Å²) in [6.07, 6.45) is 0. The van der Waals surface area contributed by atoms with Gasteiger partial charge in [-0.3, -0.25) is 0 Å². The quantitative estimate of drug-likeness (QED) is 0.771. The Labute approximate surface area is 125 Å². The number of para-hydroxylation sites is 1. The SMILES string of the molecule is Cc1ccc(S(=O)(=O)N(SBr)c2ccccc2)cc1. The summed E-state index contributed by atoms with van der Waals surface area (Å²) in [4.78, 5) is 0.272. The highest BCUT2D eigenvalue weighted by Gasteiger charge is 2.24. The molecular weight excluding hydrogens is 346 g/mol. The van der Waals surface area contributed by atoms with Crippen molar-refractivity contribution < 1.29 is 8.42 Å². The van der Waals surface area contributed by atoms with Gasteiger partial charge in [0.15, 0.2) is 0 Å². The molecule has 2 aromatic carbocycles. The van der Waals surface area contributed by atoms with Gasteiger partial charge in [0.25, 0.3) is 10.0 Å². The van der Waals surface area contributed by atoms with Crippen LogP contribution in [-0.2, 0) is 10.0 Å². The van der Waals surface area contributed by atoms with Gasteiger partial charge in [-0.05, 0) is 31.2 Å². The van der Waals surface area contributed by atoms with Crippen molar-refractivity contribution in [1.82, 2.24) is 0 Å². The summed E-state index contributed by atoms with van der Waals surface area (Å²) in [6, 6.07) is 15.8. The van der Waals surface area contributed by atoms with Gasteiger partial charge in [-0.2, -0.15) is 3.71 Å². The van der Waals surface area contributed by atoms with Crippen molar-refractivity contribution in [3.05, 3.63) is 60.2 Å². The Bertz CT molecular complexity index is 642. The second kappa shape index (κ2) is 5.98. The van der Waals surface area contributed by atoms with E-state index in [9.17, 15) is 8.42 Å². The Morgan fingerprint density at radius 1 is 1.00 bits per heavy atom. The lowest BCUT2D eigenvalue weighted by Crippen LogP contribution is -2.22. The molecule has 0 aliphatic heterocycles. The van der Waals surface area contributed by atoms with E-state index < -0.39 is 10.0 Å². The second-order valence-electron chi connectivity index (χ2n) is 3.95. The van der Waals surface area contributed by atoms with Crippen LogP contribution in [0.2, 0.25) is 0 Å². The number of halogens is 1. The van der Waals surface area contributed by atoms with Gasteiger partial charge in [0.05, 0.1) is 10.6 Å². The summed E-state index contributed by atoms with van der Waals surface area (Å²) >= 11 is 3.16. The van der Waals surface area contributed by atoms with E-state index in [2.05, 4.69) is 14.8 Å². The molecular formula is C13H12BrNO2S2. The minimum Gasteiger partial charge on any atom is -0.200 e. The molecule has 0 amide bonds. The van der Waals surface area contributed by atoms with E-state index in [1.807, 2.05) is 13.0 Å². The fourth-order valence-corrected chi connectivity index (χ4v) is 5.30. The molecule has 19 heavy (non-hydrogen) atoms. The fourth-order valence-electron chi connectivity index (χ4n) is 1.57. The Morgan fingerprint density at radius 3 is 2.11 bits per heavy atom. The second-order valence-corrected chi connectivity index (χ2v) is 7.34. The maximum absolute atomic E-state index is 12.6. The van der Waals surface area contributed by atoms with Gasteiger partial charge in [-0.15, -0.1) is 0 Å². The summed E-state index contributed by atoms with van der Waals surface area (Å²) < 4.78 is 26.3. The van der Waals surface area contributed by atoms with Crippen molar-refractivity contribution in [3.63, 3.8) is 0 Å². The molecule has 0 aliphatic carbocycles. The first kappa shape index (κ1) is 14.4. The van der Waals surface area contributed by atoms with Crippen LogP contribution in [0.4, 0.5) is 5.69 Å². The van der Waals surface area contributed by atoms with Crippen LogP contribution >= 0.6 is 25.2 Å². The van der Waals surface area contributed by atoms with Crippen molar-refractivity contribution in [3.8, 4) is 0 Å². The van der Waals surface area contributed by atoms with Gasteiger partial charge >= 0.3 is 0 Å². The summed E-state index contributed by atoms with van der Waals surface area (Å²) in [6.45, 7) is 1.92. The molecule has 0 saturated heterocycles. The lowest BCUT2D eigenvalue weighted by molar-refractivity contribution is 0.598. The van der Waals surface area contributed by atoms with Gasteiger partial charge in [0, 0.05) is 25.2 Å². The summed E-state index contributed by atoms with van der Waals surface area (Å²) in [5.74, 6) is 0. The first-order valence-corrected chi connectivity index (χ1v) is 9.57. The molecule has 0 N–H and O–H groups in total. The maximum Gasteiger partial charge on any atom is 0.274 e. The number of rotatable bonds is 4. The van der Waals surface area contributed by atoms with E-state index in [4.69, 9.17) is 0 Å². The van der Waals surface area contributed by atoms with Crippen molar-refractivity contribution in [1.29, 1.82) is 0 Å². The van der Waals surface area contributed by atoms with E-state index >= 15 is 0 Å². The Morgan fingerprint density at radius 2 is 1.58 bits per heavy atom. The molecule has 0 aromatic heterocycles. The van der Waals surface area contributed by atoms with Crippen LogP contribution in [-0.4, -0.2) is 8.42 Å². The van der Waals surface area contributed by atoms with Crippen LogP contribution in [0.1, 0.15) is 5.56 Å². The van der Waals surface area contributed by atoms with Gasteiger partial charge in [0.2, 0.25) is 0 Å². The third kappa shape index (κ3) is 3.13. The lowest BCUT2D eigenvalue weighted by atomic mass is 10.2. The van der Waals surface area contributed by atoms with Crippen LogP contribution in [0.15, 0.2) is 59.5 Å². The predicted octanol–water partition coefficient (Wildman–Crippen LogP) is 4.15. The molecule has 0 saturated carbocycles. The smallest absolute Gasteiger partial charge is 0.200 e. The third-order valence-corrected chi connectivity index (χ3v) is 6.67. The molecule has 3 nitrogen and oxygen atoms in total. The molecule has 0 fully saturated rings. The van der Waals surface area contributed by atoms with E-state index in [-0.39, 0.29) is 4.90 Å². The zero-order chi connectivity index (χ0) is 13.9. The summed E-state index contributed by atoms with van der Waals surface area (Å²) in [5.41, 5.74) is 1.63. The molecule has 6 heteroatoms. The minimum atomic E-state index is -3.57. The molecule has 0 atom stereocenters. The molecule has 0 unspecified atom stereocenters. The Kier molecular flexibility index (Phi) is 4.54. The van der Waals surface area contributed by atoms with Crippen LogP contribution in [0.5, 0.6) is 0 Å². The standard InChI is InChI=1S/C13H12BrNO2S2/c1-11-7-9-13(10-8-11)19(16,17)15(18-14)12-5-3-2-4-6-12/h2-10H,1H3. The van der Waals surface area contributed by atoms with E-state index in [1.165, 1.54) is 3.71 Å². The number of anilines is 1. The van der Waals surface area contributed by atoms with Crippen molar-refractivity contribution in [2.45, 2.75) is 11.8 Å². The van der Waals surface area contributed by atoms with Crippen LogP contribution < -0.4 is 3.71 Å². The highest BCUT2D eigenvalue weighted by Crippen LogP contribution is 2.33. The average Bonchev–Trinajstić information content (AvgIpc) is 2.41. The van der Waals surface area contributed by atoms with Crippen LogP contribution in [0.25, 0.3) is 0 Å². The molecule has 0 heterocycles. The number of benzene rings is 2. The van der Waals surface area contributed by atoms with Gasteiger partial charge < -0.3 is 0 Å². The number of sulfonamides is 1. The van der Waals surface area contributed by atoms with Gasteiger partial charge in [-0.25, -0.2) is 8.42 Å². The summed E-state index contributed by atoms with van der Waals surface area (Å²) in [7, 11) is -2.58. The minimum absolute atomic E-state index is 0.272. The highest BCUT2D eigenvalue weighted by atomic mass is 79.9. The van der Waals surface area contributed by atoms with Gasteiger partial charge in [-0.1, -0.05) is 35.9 Å². The number of hydrogen-bond donors (Lipinski definition) is 0. The van der Waals surface area contributed by atoms with Crippen molar-refractivity contribution >= 4 is 40.9 Å².